The van der Waals surface area contributed by atoms with E-state index in [1.807, 2.05) is 75.3 Å². The van der Waals surface area contributed by atoms with Crippen molar-refractivity contribution in [1.29, 1.82) is 0 Å². The van der Waals surface area contributed by atoms with Gasteiger partial charge in [-0.15, -0.1) is 0 Å². The maximum Gasteiger partial charge on any atom is 0.193 e. The number of ether oxygens (including phenoxy) is 2. The van der Waals surface area contributed by atoms with Gasteiger partial charge in [0, 0.05) is 32.9 Å². The normalized spacial score (nSPS) is 35.4. The van der Waals surface area contributed by atoms with Crippen LogP contribution in [-0.4, -0.2) is 28.3 Å². The molecule has 2 aliphatic heterocycles. The van der Waals surface area contributed by atoms with Crippen LogP contribution in [0.25, 0.3) is 10.9 Å². The number of ketones is 1. The van der Waals surface area contributed by atoms with E-state index < -0.39 is 17.5 Å². The molecule has 5 unspecified atom stereocenters. The van der Waals surface area contributed by atoms with Crippen molar-refractivity contribution in [2.45, 2.75) is 138 Å². The van der Waals surface area contributed by atoms with E-state index in [1.54, 1.807) is 0 Å². The Bertz CT molecular complexity index is 1240. The second-order valence-electron chi connectivity index (χ2n) is 11.8. The number of hydrogen-bond donors (Lipinski definition) is 1. The fourth-order valence-corrected chi connectivity index (χ4v) is 8.76. The minimum Gasteiger partial charge on any atom is -0.358 e. The molecular formula is C35H54BrNO3. The SMILES string of the molecule is CC.CC.CC.CC.CC1(C)OC23CCC4(C)C(CCC5Cc6c([nH]c7ccc(Br)cc67)[C@@]54C)C2=CC(=O)C1O3. The molecule has 3 fully saturated rings. The molecule has 5 aliphatic rings. The van der Waals surface area contributed by atoms with E-state index in [-0.39, 0.29) is 16.6 Å². The Kier molecular flexibility index (Phi) is 9.97. The molecule has 2 saturated carbocycles. The average Bonchev–Trinajstić information content (AvgIpc) is 3.55. The van der Waals surface area contributed by atoms with E-state index >= 15 is 0 Å². The van der Waals surface area contributed by atoms with Crippen molar-refractivity contribution < 1.29 is 14.3 Å². The largest absolute Gasteiger partial charge is 0.358 e. The van der Waals surface area contributed by atoms with Gasteiger partial charge in [0.1, 0.15) is 5.60 Å². The van der Waals surface area contributed by atoms with Gasteiger partial charge in [-0.25, -0.2) is 0 Å². The highest BCUT2D eigenvalue weighted by Gasteiger charge is 2.69. The molecular weight excluding hydrogens is 562 g/mol. The number of aromatic nitrogens is 1. The first-order chi connectivity index (χ1) is 19.1. The first-order valence-electron chi connectivity index (χ1n) is 16.0. The summed E-state index contributed by atoms with van der Waals surface area (Å²) in [5.74, 6) is 0.289. The van der Waals surface area contributed by atoms with Crippen LogP contribution in [-0.2, 0) is 26.1 Å². The van der Waals surface area contributed by atoms with Gasteiger partial charge in [0.2, 0.25) is 0 Å². The van der Waals surface area contributed by atoms with Gasteiger partial charge in [-0.3, -0.25) is 4.79 Å². The Morgan fingerprint density at radius 2 is 1.57 bits per heavy atom. The van der Waals surface area contributed by atoms with Gasteiger partial charge in [0.25, 0.3) is 0 Å². The Morgan fingerprint density at radius 3 is 2.23 bits per heavy atom. The van der Waals surface area contributed by atoms with Crippen molar-refractivity contribution in [3.05, 3.63) is 45.6 Å². The Balaban J connectivity index is 0.000000510. The number of H-pyrrole nitrogens is 1. The lowest BCUT2D eigenvalue weighted by atomic mass is 9.44. The van der Waals surface area contributed by atoms with Gasteiger partial charge in [-0.05, 0) is 92.2 Å². The van der Waals surface area contributed by atoms with Gasteiger partial charge >= 0.3 is 0 Å². The summed E-state index contributed by atoms with van der Waals surface area (Å²) in [7, 11) is 0. The molecule has 2 bridgehead atoms. The van der Waals surface area contributed by atoms with Gasteiger partial charge in [-0.2, -0.15) is 0 Å². The molecule has 4 nitrogen and oxygen atoms in total. The summed E-state index contributed by atoms with van der Waals surface area (Å²) in [5, 5.41) is 1.36. The highest BCUT2D eigenvalue weighted by atomic mass is 79.9. The van der Waals surface area contributed by atoms with Crippen molar-refractivity contribution in [3.8, 4) is 0 Å². The van der Waals surface area contributed by atoms with Crippen LogP contribution in [0.4, 0.5) is 0 Å². The third kappa shape index (κ3) is 4.48. The van der Waals surface area contributed by atoms with Crippen LogP contribution >= 0.6 is 15.9 Å². The van der Waals surface area contributed by atoms with E-state index in [2.05, 4.69) is 53.0 Å². The van der Waals surface area contributed by atoms with Gasteiger partial charge in [0.05, 0.1) is 0 Å². The summed E-state index contributed by atoms with van der Waals surface area (Å²) in [6.07, 6.45) is 6.71. The number of aromatic amines is 1. The molecule has 224 valence electrons. The quantitative estimate of drug-likeness (QED) is 0.321. The second kappa shape index (κ2) is 12.1. The Labute approximate surface area is 252 Å². The van der Waals surface area contributed by atoms with Crippen molar-refractivity contribution in [3.63, 3.8) is 0 Å². The number of fused-ring (bicyclic) bond motifs is 9. The van der Waals surface area contributed by atoms with Gasteiger partial charge < -0.3 is 14.5 Å². The number of carbonyl (C=O) groups is 1. The second-order valence-corrected chi connectivity index (χ2v) is 12.7. The molecule has 7 rings (SSSR count). The summed E-state index contributed by atoms with van der Waals surface area (Å²) < 4.78 is 14.1. The number of rotatable bonds is 0. The molecule has 1 aromatic carbocycles. The number of benzene rings is 1. The van der Waals surface area contributed by atoms with Gasteiger partial charge in [-0.1, -0.05) is 85.2 Å². The van der Waals surface area contributed by atoms with E-state index in [1.165, 1.54) is 28.6 Å². The number of halogens is 1. The van der Waals surface area contributed by atoms with Crippen LogP contribution in [0.1, 0.15) is 120 Å². The molecule has 2 aromatic rings. The monoisotopic (exact) mass is 615 g/mol. The van der Waals surface area contributed by atoms with Crippen LogP contribution in [0.15, 0.2) is 34.3 Å². The third-order valence-corrected chi connectivity index (χ3v) is 10.6. The zero-order valence-electron chi connectivity index (χ0n) is 27.2. The van der Waals surface area contributed by atoms with Crippen molar-refractivity contribution >= 4 is 32.6 Å². The summed E-state index contributed by atoms with van der Waals surface area (Å²) in [4.78, 5) is 16.9. The average molecular weight is 617 g/mol. The molecule has 3 heterocycles. The van der Waals surface area contributed by atoms with Crippen molar-refractivity contribution in [2.24, 2.45) is 17.3 Å². The lowest BCUT2D eigenvalue weighted by Gasteiger charge is -2.61. The molecule has 1 spiro atoms. The minimum absolute atomic E-state index is 0.0349. The Hall–Kier alpha value is -1.43. The molecule has 1 N–H and O–H groups in total. The lowest BCUT2D eigenvalue weighted by Crippen LogP contribution is -2.60. The fourth-order valence-electron chi connectivity index (χ4n) is 8.40. The molecule has 6 atom stereocenters. The van der Waals surface area contributed by atoms with Crippen molar-refractivity contribution in [2.75, 3.05) is 0 Å². The molecule has 0 amide bonds. The maximum absolute atomic E-state index is 13.1. The third-order valence-electron chi connectivity index (χ3n) is 10.1. The molecule has 1 saturated heterocycles. The highest BCUT2D eigenvalue weighted by molar-refractivity contribution is 9.10. The molecule has 0 radical (unpaired) electrons. The number of hydrogen-bond acceptors (Lipinski definition) is 3. The predicted molar refractivity (Wildman–Crippen MR) is 172 cm³/mol. The van der Waals surface area contributed by atoms with Crippen LogP contribution in [0, 0.1) is 17.3 Å². The van der Waals surface area contributed by atoms with E-state index in [4.69, 9.17) is 9.47 Å². The molecule has 40 heavy (non-hydrogen) atoms. The summed E-state index contributed by atoms with van der Waals surface area (Å²) >= 11 is 3.67. The maximum atomic E-state index is 13.1. The standard InChI is InChI=1S/C27H30BrNO3.4C2H6/c1-24(2)23-21(30)13-19-18-7-5-14-11-17-16-12-15(28)6-8-20(16)29-22(17)26(14,4)25(18,3)9-10-27(19,31-23)32-24;4*1-2/h6,8,12-14,18,23,29H,5,7,9-11H2,1-4H3;4*1-2H3/t14?,18?,23?,25?,26-,27?;;;;/m1..../s1. The topological polar surface area (TPSA) is 51.3 Å². The van der Waals surface area contributed by atoms with E-state index in [0.717, 1.165) is 35.7 Å². The number of carbonyl (C=O) groups excluding carboxylic acids is 1. The van der Waals surface area contributed by atoms with Crippen LogP contribution < -0.4 is 0 Å². The minimum atomic E-state index is -0.706. The fraction of sp³-hybridized carbons (Fsp3) is 0.686. The lowest BCUT2D eigenvalue weighted by molar-refractivity contribution is -0.205. The zero-order chi connectivity index (χ0) is 30.3. The van der Waals surface area contributed by atoms with Crippen LogP contribution in [0.3, 0.4) is 0 Å². The molecule has 5 heteroatoms. The predicted octanol–water partition coefficient (Wildman–Crippen LogP) is 10.1. The van der Waals surface area contributed by atoms with E-state index in [9.17, 15) is 4.79 Å². The highest BCUT2D eigenvalue weighted by Crippen LogP contribution is 2.70. The number of nitrogens with one attached hydrogen (secondary N) is 1. The Morgan fingerprint density at radius 1 is 0.925 bits per heavy atom. The first-order valence-corrected chi connectivity index (χ1v) is 16.8. The molecule has 1 aromatic heterocycles. The van der Waals surface area contributed by atoms with Crippen LogP contribution in [0.5, 0.6) is 0 Å². The molecule has 3 aliphatic carbocycles. The summed E-state index contributed by atoms with van der Waals surface area (Å²) in [5.41, 5.74) is 4.78. The van der Waals surface area contributed by atoms with E-state index in [0.29, 0.717) is 11.8 Å². The van der Waals surface area contributed by atoms with Gasteiger partial charge in [0.15, 0.2) is 17.7 Å². The van der Waals surface area contributed by atoms with Crippen LogP contribution in [0.2, 0.25) is 0 Å². The smallest absolute Gasteiger partial charge is 0.193 e. The first kappa shape index (κ1) is 33.1. The summed E-state index contributed by atoms with van der Waals surface area (Å²) in [6.45, 7) is 25.0. The zero-order valence-corrected chi connectivity index (χ0v) is 28.8. The van der Waals surface area contributed by atoms with Crippen molar-refractivity contribution in [1.82, 2.24) is 4.98 Å². The summed E-state index contributed by atoms with van der Waals surface area (Å²) in [6, 6.07) is 6.58.